The summed E-state index contributed by atoms with van der Waals surface area (Å²) in [7, 11) is 0. The van der Waals surface area contributed by atoms with Gasteiger partial charge in [0.15, 0.2) is 0 Å². The Morgan fingerprint density at radius 2 is 1.89 bits per heavy atom. The molecule has 0 spiro atoms. The van der Waals surface area contributed by atoms with Crippen LogP contribution in [0.4, 0.5) is 10.1 Å². The first-order valence-corrected chi connectivity index (χ1v) is 5.35. The van der Waals surface area contributed by atoms with Gasteiger partial charge in [-0.1, -0.05) is 18.2 Å². The summed E-state index contributed by atoms with van der Waals surface area (Å²) in [5, 5.41) is 10.7. The second-order valence-corrected chi connectivity index (χ2v) is 3.82. The van der Waals surface area contributed by atoms with Crippen LogP contribution in [0.1, 0.15) is 5.56 Å². The summed E-state index contributed by atoms with van der Waals surface area (Å²) in [6.45, 7) is 0.0919. The minimum absolute atomic E-state index is 0.00567. The van der Waals surface area contributed by atoms with Crippen molar-refractivity contribution in [3.63, 3.8) is 0 Å². The molecule has 4 nitrogen and oxygen atoms in total. The van der Waals surface area contributed by atoms with Gasteiger partial charge in [0.25, 0.3) is 5.69 Å². The lowest BCUT2D eigenvalue weighted by atomic mass is 10.0. The third-order valence-corrected chi connectivity index (χ3v) is 2.66. The monoisotopic (exact) mass is 246 g/mol. The molecule has 0 heterocycles. The summed E-state index contributed by atoms with van der Waals surface area (Å²) in [6, 6.07) is 10.7. The highest BCUT2D eigenvalue weighted by molar-refractivity contribution is 5.66. The minimum atomic E-state index is -0.461. The quantitative estimate of drug-likeness (QED) is 0.668. The van der Waals surface area contributed by atoms with E-state index in [9.17, 15) is 14.5 Å². The van der Waals surface area contributed by atoms with Crippen LogP contribution in [0, 0.1) is 15.9 Å². The molecule has 2 aromatic rings. The van der Waals surface area contributed by atoms with Crippen LogP contribution in [0.5, 0.6) is 0 Å². The van der Waals surface area contributed by atoms with Crippen LogP contribution >= 0.6 is 0 Å². The van der Waals surface area contributed by atoms with Crippen molar-refractivity contribution in [2.75, 3.05) is 0 Å². The van der Waals surface area contributed by atoms with Crippen LogP contribution in [0.3, 0.4) is 0 Å². The summed E-state index contributed by atoms with van der Waals surface area (Å²) in [5.41, 5.74) is 7.20. The molecule has 0 amide bonds. The van der Waals surface area contributed by atoms with E-state index in [1.165, 1.54) is 18.2 Å². The Labute approximate surface area is 103 Å². The number of hydrogen-bond acceptors (Lipinski definition) is 3. The standard InChI is InChI=1S/C13H11FN2O2/c14-13-5-4-10(6-11(13)8-15)9-2-1-3-12(7-9)16(17)18/h1-7H,8,15H2. The number of nitrogens with two attached hydrogens (primary N) is 1. The second-order valence-electron chi connectivity index (χ2n) is 3.82. The molecule has 0 aliphatic rings. The fourth-order valence-corrected chi connectivity index (χ4v) is 1.71. The number of halogens is 1. The lowest BCUT2D eigenvalue weighted by Gasteiger charge is -2.05. The Bertz CT molecular complexity index is 599. The molecule has 2 aromatic carbocycles. The summed E-state index contributed by atoms with van der Waals surface area (Å²) >= 11 is 0. The molecule has 18 heavy (non-hydrogen) atoms. The molecule has 0 fully saturated rings. The number of hydrogen-bond donors (Lipinski definition) is 1. The van der Waals surface area contributed by atoms with E-state index in [0.29, 0.717) is 16.7 Å². The fraction of sp³-hybridized carbons (Fsp3) is 0.0769. The molecule has 0 bridgehead atoms. The first-order valence-electron chi connectivity index (χ1n) is 5.35. The Balaban J connectivity index is 2.48. The SMILES string of the molecule is NCc1cc(-c2cccc([N+](=O)[O-])c2)ccc1F. The molecule has 0 aliphatic carbocycles. The van der Waals surface area contributed by atoms with Gasteiger partial charge in [0.05, 0.1) is 4.92 Å². The van der Waals surface area contributed by atoms with Crippen molar-refractivity contribution < 1.29 is 9.31 Å². The highest BCUT2D eigenvalue weighted by atomic mass is 19.1. The van der Waals surface area contributed by atoms with Gasteiger partial charge in [-0.2, -0.15) is 0 Å². The zero-order chi connectivity index (χ0) is 13.1. The number of benzene rings is 2. The van der Waals surface area contributed by atoms with Gasteiger partial charge in [0.2, 0.25) is 0 Å². The first-order chi connectivity index (χ1) is 8.61. The maximum absolute atomic E-state index is 13.3. The number of nitrogens with zero attached hydrogens (tertiary/aromatic N) is 1. The fourth-order valence-electron chi connectivity index (χ4n) is 1.71. The van der Waals surface area contributed by atoms with Crippen molar-refractivity contribution in [2.45, 2.75) is 6.54 Å². The molecule has 0 radical (unpaired) electrons. The lowest BCUT2D eigenvalue weighted by Crippen LogP contribution is -1.99. The van der Waals surface area contributed by atoms with Crippen molar-refractivity contribution in [1.29, 1.82) is 0 Å². The van der Waals surface area contributed by atoms with E-state index in [1.54, 1.807) is 24.3 Å². The van der Waals surface area contributed by atoms with E-state index < -0.39 is 4.92 Å². The molecule has 0 saturated carbocycles. The van der Waals surface area contributed by atoms with Crippen LogP contribution in [0.25, 0.3) is 11.1 Å². The molecule has 2 rings (SSSR count). The zero-order valence-corrected chi connectivity index (χ0v) is 9.47. The summed E-state index contributed by atoms with van der Waals surface area (Å²) in [5.74, 6) is -0.369. The van der Waals surface area contributed by atoms with Gasteiger partial charge in [-0.3, -0.25) is 10.1 Å². The van der Waals surface area contributed by atoms with E-state index in [0.717, 1.165) is 0 Å². The van der Waals surface area contributed by atoms with Gasteiger partial charge in [-0.05, 0) is 23.3 Å². The summed E-state index contributed by atoms with van der Waals surface area (Å²) in [6.07, 6.45) is 0. The Kier molecular flexibility index (Phi) is 3.34. The molecular weight excluding hydrogens is 235 g/mol. The highest BCUT2D eigenvalue weighted by Crippen LogP contribution is 2.25. The molecule has 0 unspecified atom stereocenters. The van der Waals surface area contributed by atoms with Gasteiger partial charge in [0.1, 0.15) is 5.82 Å². The molecule has 5 heteroatoms. The van der Waals surface area contributed by atoms with Crippen LogP contribution in [-0.4, -0.2) is 4.92 Å². The van der Waals surface area contributed by atoms with Gasteiger partial charge < -0.3 is 5.73 Å². The molecule has 0 aromatic heterocycles. The maximum atomic E-state index is 13.3. The van der Waals surface area contributed by atoms with Gasteiger partial charge in [-0.25, -0.2) is 4.39 Å². The molecule has 0 atom stereocenters. The number of rotatable bonds is 3. The Morgan fingerprint density at radius 3 is 2.56 bits per heavy atom. The topological polar surface area (TPSA) is 69.2 Å². The smallest absolute Gasteiger partial charge is 0.270 e. The van der Waals surface area contributed by atoms with Gasteiger partial charge >= 0.3 is 0 Å². The van der Waals surface area contributed by atoms with Crippen LogP contribution < -0.4 is 5.73 Å². The third kappa shape index (κ3) is 2.36. The molecular formula is C13H11FN2O2. The summed E-state index contributed by atoms with van der Waals surface area (Å²) < 4.78 is 13.3. The van der Waals surface area contributed by atoms with Crippen molar-refractivity contribution in [3.8, 4) is 11.1 Å². The number of nitro groups is 1. The predicted octanol–water partition coefficient (Wildman–Crippen LogP) is 2.86. The van der Waals surface area contributed by atoms with Crippen molar-refractivity contribution in [3.05, 3.63) is 64.0 Å². The highest BCUT2D eigenvalue weighted by Gasteiger charge is 2.08. The third-order valence-electron chi connectivity index (χ3n) is 2.66. The number of nitro benzene ring substituents is 1. The van der Waals surface area contributed by atoms with Crippen LogP contribution in [-0.2, 0) is 6.54 Å². The van der Waals surface area contributed by atoms with E-state index in [-0.39, 0.29) is 18.0 Å². The van der Waals surface area contributed by atoms with Crippen molar-refractivity contribution in [2.24, 2.45) is 5.73 Å². The predicted molar refractivity (Wildman–Crippen MR) is 66.4 cm³/mol. The largest absolute Gasteiger partial charge is 0.326 e. The second kappa shape index (κ2) is 4.93. The molecule has 2 N–H and O–H groups in total. The molecule has 0 aliphatic heterocycles. The van der Waals surface area contributed by atoms with Crippen LogP contribution in [0.2, 0.25) is 0 Å². The summed E-state index contributed by atoms with van der Waals surface area (Å²) in [4.78, 5) is 10.2. The Morgan fingerprint density at radius 1 is 1.17 bits per heavy atom. The van der Waals surface area contributed by atoms with E-state index in [2.05, 4.69) is 0 Å². The van der Waals surface area contributed by atoms with E-state index in [4.69, 9.17) is 5.73 Å². The van der Waals surface area contributed by atoms with Gasteiger partial charge in [-0.15, -0.1) is 0 Å². The lowest BCUT2D eigenvalue weighted by molar-refractivity contribution is -0.384. The normalized spacial score (nSPS) is 10.3. The average molecular weight is 246 g/mol. The van der Waals surface area contributed by atoms with Crippen LogP contribution in [0.15, 0.2) is 42.5 Å². The minimum Gasteiger partial charge on any atom is -0.326 e. The first kappa shape index (κ1) is 12.2. The zero-order valence-electron chi connectivity index (χ0n) is 9.47. The van der Waals surface area contributed by atoms with E-state index in [1.807, 2.05) is 0 Å². The number of non-ortho nitro benzene ring substituents is 1. The average Bonchev–Trinajstić information content (AvgIpc) is 2.39. The Hall–Kier alpha value is -2.27. The maximum Gasteiger partial charge on any atom is 0.270 e. The molecule has 92 valence electrons. The van der Waals surface area contributed by atoms with Crippen molar-refractivity contribution in [1.82, 2.24) is 0 Å². The molecule has 0 saturated heterocycles. The van der Waals surface area contributed by atoms with Crippen molar-refractivity contribution >= 4 is 5.69 Å². The van der Waals surface area contributed by atoms with E-state index >= 15 is 0 Å². The van der Waals surface area contributed by atoms with Gasteiger partial charge in [0, 0.05) is 24.2 Å².